The van der Waals surface area contributed by atoms with Gasteiger partial charge in [0.15, 0.2) is 0 Å². The minimum Gasteiger partial charge on any atom is -0.299 e. The number of carbonyl (C=O) groups excluding carboxylic acids is 1. The molecule has 0 spiro atoms. The molecule has 0 aliphatic carbocycles. The van der Waals surface area contributed by atoms with Crippen LogP contribution in [0.3, 0.4) is 0 Å². The van der Waals surface area contributed by atoms with Crippen molar-refractivity contribution in [3.05, 3.63) is 11.6 Å². The fourth-order valence-electron chi connectivity index (χ4n) is 0.180. The lowest BCUT2D eigenvalue weighted by molar-refractivity contribution is -0.104. The van der Waals surface area contributed by atoms with Crippen molar-refractivity contribution < 1.29 is 4.79 Å². The maximum Gasteiger partial charge on any atom is 0.142 e. The Kier molecular flexibility index (Phi) is 3.92. The zero-order valence-electron chi connectivity index (χ0n) is 4.40. The van der Waals surface area contributed by atoms with Crippen LogP contribution < -0.4 is 0 Å². The molecule has 0 aromatic rings. The Bertz CT molecular complexity index is 107. The molecule has 0 rings (SSSR count). The number of hydrogen-bond acceptors (Lipinski definition) is 1. The third kappa shape index (κ3) is 3.05. The van der Waals surface area contributed by atoms with Gasteiger partial charge in [0.25, 0.3) is 0 Å². The van der Waals surface area contributed by atoms with E-state index in [0.29, 0.717) is 11.9 Å². The molecule has 0 saturated carbocycles. The molecule has 3 heteroatoms. The van der Waals surface area contributed by atoms with E-state index in [-0.39, 0.29) is 0 Å². The van der Waals surface area contributed by atoms with Crippen molar-refractivity contribution >= 4 is 29.5 Å². The summed E-state index contributed by atoms with van der Waals surface area (Å²) in [5.41, 5.74) is 0.670. The molecule has 1 nitrogen and oxygen atoms in total. The summed E-state index contributed by atoms with van der Waals surface area (Å²) in [6, 6.07) is 0. The van der Waals surface area contributed by atoms with E-state index in [0.717, 1.165) is 0 Å². The molecule has 0 unspecified atom stereocenters. The van der Waals surface area contributed by atoms with Gasteiger partial charge in [-0.15, -0.1) is 23.2 Å². The van der Waals surface area contributed by atoms with E-state index < -0.39 is 4.84 Å². The van der Waals surface area contributed by atoms with Gasteiger partial charge < -0.3 is 0 Å². The standard InChI is InChI=1S/C5H6Cl2O/c1-4(2-3-8)5(6)7/h2-3,5H,1H3/b4-2+. The van der Waals surface area contributed by atoms with E-state index in [1.165, 1.54) is 6.08 Å². The number of carbonyl (C=O) groups is 1. The van der Waals surface area contributed by atoms with Gasteiger partial charge >= 0.3 is 0 Å². The fourth-order valence-corrected chi connectivity index (χ4v) is 0.326. The van der Waals surface area contributed by atoms with Gasteiger partial charge in [0.2, 0.25) is 0 Å². The Morgan fingerprint density at radius 3 is 2.25 bits per heavy atom. The van der Waals surface area contributed by atoms with Crippen LogP contribution in [0.15, 0.2) is 11.6 Å². The summed E-state index contributed by atoms with van der Waals surface area (Å²) >= 11 is 10.7. The highest BCUT2D eigenvalue weighted by atomic mass is 35.5. The number of rotatable bonds is 2. The van der Waals surface area contributed by atoms with Crippen LogP contribution in [-0.2, 0) is 4.79 Å². The largest absolute Gasteiger partial charge is 0.299 e. The molecule has 0 radical (unpaired) electrons. The first-order valence-electron chi connectivity index (χ1n) is 2.08. The SMILES string of the molecule is C/C(=C\C=O)C(Cl)Cl. The lowest BCUT2D eigenvalue weighted by Gasteiger charge is -1.94. The molecule has 0 bridgehead atoms. The summed E-state index contributed by atoms with van der Waals surface area (Å²) in [5.74, 6) is 0. The average molecular weight is 153 g/mol. The molecule has 0 atom stereocenters. The molecule has 46 valence electrons. The van der Waals surface area contributed by atoms with Crippen LogP contribution in [0.1, 0.15) is 6.92 Å². The maximum absolute atomic E-state index is 9.73. The lowest BCUT2D eigenvalue weighted by Crippen LogP contribution is -1.87. The number of hydrogen-bond donors (Lipinski definition) is 0. The van der Waals surface area contributed by atoms with E-state index in [9.17, 15) is 4.79 Å². The topological polar surface area (TPSA) is 17.1 Å². The Hall–Kier alpha value is -0.0100. The van der Waals surface area contributed by atoms with Crippen molar-refractivity contribution in [2.75, 3.05) is 0 Å². The summed E-state index contributed by atoms with van der Waals surface area (Å²) < 4.78 is 0. The van der Waals surface area contributed by atoms with E-state index in [4.69, 9.17) is 23.2 Å². The monoisotopic (exact) mass is 152 g/mol. The van der Waals surface area contributed by atoms with Crippen molar-refractivity contribution in [3.63, 3.8) is 0 Å². The second-order valence-corrected chi connectivity index (χ2v) is 2.44. The number of halogens is 2. The fraction of sp³-hybridized carbons (Fsp3) is 0.400. The summed E-state index contributed by atoms with van der Waals surface area (Å²) in [6.45, 7) is 1.69. The normalized spacial score (nSPS) is 12.2. The molecule has 0 amide bonds. The lowest BCUT2D eigenvalue weighted by atomic mass is 10.3. The van der Waals surface area contributed by atoms with Crippen LogP contribution in [0.5, 0.6) is 0 Å². The Morgan fingerprint density at radius 1 is 1.62 bits per heavy atom. The summed E-state index contributed by atoms with van der Waals surface area (Å²) in [7, 11) is 0. The molecule has 0 aliphatic rings. The molecule has 0 N–H and O–H groups in total. The third-order valence-electron chi connectivity index (χ3n) is 0.675. The van der Waals surface area contributed by atoms with Gasteiger partial charge in [0.1, 0.15) is 11.1 Å². The summed E-state index contributed by atoms with van der Waals surface area (Å²) in [6.07, 6.45) is 2.00. The Balaban J connectivity index is 3.78. The quantitative estimate of drug-likeness (QED) is 0.336. The van der Waals surface area contributed by atoms with Gasteiger partial charge in [0, 0.05) is 0 Å². The van der Waals surface area contributed by atoms with Crippen LogP contribution >= 0.6 is 23.2 Å². The van der Waals surface area contributed by atoms with E-state index in [1.807, 2.05) is 0 Å². The highest BCUT2D eigenvalue weighted by Crippen LogP contribution is 2.11. The van der Waals surface area contributed by atoms with E-state index in [2.05, 4.69) is 0 Å². The number of aldehydes is 1. The first-order chi connectivity index (χ1) is 3.68. The molecule has 0 aromatic heterocycles. The molecule has 0 fully saturated rings. The molecule has 0 aromatic carbocycles. The molecular weight excluding hydrogens is 147 g/mol. The van der Waals surface area contributed by atoms with E-state index >= 15 is 0 Å². The zero-order valence-corrected chi connectivity index (χ0v) is 5.91. The molecular formula is C5H6Cl2O. The number of allylic oxidation sites excluding steroid dienone is 2. The van der Waals surface area contributed by atoms with Crippen LogP contribution in [0.2, 0.25) is 0 Å². The van der Waals surface area contributed by atoms with Crippen molar-refractivity contribution in [2.24, 2.45) is 0 Å². The smallest absolute Gasteiger partial charge is 0.142 e. The van der Waals surface area contributed by atoms with Crippen molar-refractivity contribution in [1.82, 2.24) is 0 Å². The highest BCUT2D eigenvalue weighted by molar-refractivity contribution is 6.46. The third-order valence-corrected chi connectivity index (χ3v) is 1.36. The van der Waals surface area contributed by atoms with Gasteiger partial charge in [-0.2, -0.15) is 0 Å². The Labute approximate surface area is 58.3 Å². The maximum atomic E-state index is 9.73. The van der Waals surface area contributed by atoms with Crippen LogP contribution in [-0.4, -0.2) is 11.1 Å². The average Bonchev–Trinajstić information content (AvgIpc) is 1.67. The van der Waals surface area contributed by atoms with Crippen LogP contribution in [0, 0.1) is 0 Å². The van der Waals surface area contributed by atoms with Gasteiger partial charge in [-0.1, -0.05) is 0 Å². The summed E-state index contributed by atoms with van der Waals surface area (Å²) in [4.78, 5) is 9.17. The minimum atomic E-state index is -0.555. The van der Waals surface area contributed by atoms with E-state index in [1.54, 1.807) is 6.92 Å². The summed E-state index contributed by atoms with van der Waals surface area (Å²) in [5, 5.41) is 0. The first-order valence-corrected chi connectivity index (χ1v) is 2.96. The molecule has 0 aliphatic heterocycles. The minimum absolute atomic E-state index is 0.555. The second kappa shape index (κ2) is 3.93. The second-order valence-electron chi connectivity index (χ2n) is 1.35. The van der Waals surface area contributed by atoms with Gasteiger partial charge in [0.05, 0.1) is 0 Å². The van der Waals surface area contributed by atoms with Crippen molar-refractivity contribution in [2.45, 2.75) is 11.8 Å². The zero-order chi connectivity index (χ0) is 6.57. The Morgan fingerprint density at radius 2 is 2.12 bits per heavy atom. The first kappa shape index (κ1) is 7.99. The molecule has 8 heavy (non-hydrogen) atoms. The predicted molar refractivity (Wildman–Crippen MR) is 35.3 cm³/mol. The highest BCUT2D eigenvalue weighted by Gasteiger charge is 1.97. The predicted octanol–water partition coefficient (Wildman–Crippen LogP) is 1.94. The van der Waals surface area contributed by atoms with Gasteiger partial charge in [-0.3, -0.25) is 4.79 Å². The van der Waals surface area contributed by atoms with Gasteiger partial charge in [-0.25, -0.2) is 0 Å². The molecule has 0 heterocycles. The van der Waals surface area contributed by atoms with Gasteiger partial charge in [-0.05, 0) is 18.6 Å². The van der Waals surface area contributed by atoms with Crippen LogP contribution in [0.25, 0.3) is 0 Å². The van der Waals surface area contributed by atoms with Crippen molar-refractivity contribution in [1.29, 1.82) is 0 Å². The van der Waals surface area contributed by atoms with Crippen molar-refractivity contribution in [3.8, 4) is 0 Å². The van der Waals surface area contributed by atoms with Crippen LogP contribution in [0.4, 0.5) is 0 Å². The number of alkyl halides is 2. The molecule has 0 saturated heterocycles.